The number of carbonyl (C=O) groups excluding carboxylic acids is 3. The van der Waals surface area contributed by atoms with Gasteiger partial charge in [-0.15, -0.1) is 12.4 Å². The number of hydrogen-bond acceptors (Lipinski definition) is 5. The van der Waals surface area contributed by atoms with E-state index in [1.54, 1.807) is 29.2 Å². The Labute approximate surface area is 256 Å². The van der Waals surface area contributed by atoms with E-state index in [1.165, 1.54) is 32.0 Å². The summed E-state index contributed by atoms with van der Waals surface area (Å²) < 4.78 is 68.2. The molecule has 2 fully saturated rings. The fourth-order valence-electron chi connectivity index (χ4n) is 5.07. The van der Waals surface area contributed by atoms with Gasteiger partial charge in [0.25, 0.3) is 11.8 Å². The van der Waals surface area contributed by atoms with E-state index in [0.29, 0.717) is 60.0 Å². The number of halogens is 6. The molecule has 8 nitrogen and oxygen atoms in total. The molecule has 0 radical (unpaired) electrons. The fourth-order valence-corrected chi connectivity index (χ4v) is 5.07. The number of imide groups is 1. The van der Waals surface area contributed by atoms with Crippen molar-refractivity contribution in [2.75, 3.05) is 36.4 Å². The van der Waals surface area contributed by atoms with Crippen LogP contribution in [0.3, 0.4) is 0 Å². The highest BCUT2D eigenvalue weighted by atomic mass is 35.5. The minimum absolute atomic E-state index is 0. The number of hydrogen-bond donors (Lipinski definition) is 2. The molecule has 234 valence electrons. The average Bonchev–Trinajstić information content (AvgIpc) is 3.13. The molecular formula is C30H29ClF5N5O3. The summed E-state index contributed by atoms with van der Waals surface area (Å²) in [6, 6.07) is 11.4. The minimum Gasteiger partial charge on any atom is -0.355 e. The summed E-state index contributed by atoms with van der Waals surface area (Å²) in [5.41, 5.74) is -1.82. The molecule has 0 aliphatic carbocycles. The lowest BCUT2D eigenvalue weighted by atomic mass is 10.0. The van der Waals surface area contributed by atoms with E-state index >= 15 is 0 Å². The van der Waals surface area contributed by atoms with Crippen molar-refractivity contribution in [2.24, 2.45) is 0 Å². The van der Waals surface area contributed by atoms with Gasteiger partial charge in [-0.05, 0) is 74.0 Å². The zero-order chi connectivity index (χ0) is 31.1. The molecule has 4 amide bonds. The third-order valence-corrected chi connectivity index (χ3v) is 7.55. The number of alkyl halides is 3. The average molecular weight is 638 g/mol. The van der Waals surface area contributed by atoms with Crippen LogP contribution in [0, 0.1) is 11.6 Å². The molecule has 2 aliphatic heterocycles. The topological polar surface area (TPSA) is 85.0 Å². The molecular weight excluding hydrogens is 609 g/mol. The maximum Gasteiger partial charge on any atom is 0.419 e. The highest BCUT2D eigenvalue weighted by molar-refractivity contribution is 6.23. The van der Waals surface area contributed by atoms with Crippen LogP contribution < -0.4 is 15.5 Å². The predicted octanol–water partition coefficient (Wildman–Crippen LogP) is 5.94. The molecule has 5 rings (SSSR count). The van der Waals surface area contributed by atoms with Gasteiger partial charge < -0.3 is 20.4 Å². The zero-order valence-corrected chi connectivity index (χ0v) is 24.5. The molecule has 14 heteroatoms. The monoisotopic (exact) mass is 637 g/mol. The Balaban J connectivity index is 0.00000442. The Kier molecular flexibility index (Phi) is 9.21. The number of urea groups is 1. The normalized spacial score (nSPS) is 16.7. The molecule has 0 spiro atoms. The highest BCUT2D eigenvalue weighted by Gasteiger charge is 2.52. The fraction of sp³-hybridized carbons (Fsp3) is 0.300. The highest BCUT2D eigenvalue weighted by Crippen LogP contribution is 2.38. The van der Waals surface area contributed by atoms with E-state index in [0.717, 1.165) is 11.0 Å². The zero-order valence-electron chi connectivity index (χ0n) is 23.7. The third kappa shape index (κ3) is 6.34. The second-order valence-corrected chi connectivity index (χ2v) is 10.8. The molecule has 3 aromatic carbocycles. The first-order valence-corrected chi connectivity index (χ1v) is 13.5. The molecule has 0 unspecified atom stereocenters. The number of anilines is 3. The maximum atomic E-state index is 14.3. The lowest BCUT2D eigenvalue weighted by molar-refractivity contribution is -0.140. The van der Waals surface area contributed by atoms with Crippen LogP contribution in [-0.2, 0) is 17.5 Å². The Bertz CT molecular complexity index is 1580. The van der Waals surface area contributed by atoms with Crippen LogP contribution in [0.25, 0.3) is 0 Å². The van der Waals surface area contributed by atoms with Crippen LogP contribution in [0.2, 0.25) is 0 Å². The van der Waals surface area contributed by atoms with Gasteiger partial charge in [0.15, 0.2) is 0 Å². The van der Waals surface area contributed by atoms with Gasteiger partial charge in [-0.1, -0.05) is 6.07 Å². The molecule has 2 saturated heterocycles. The van der Waals surface area contributed by atoms with E-state index in [4.69, 9.17) is 0 Å². The van der Waals surface area contributed by atoms with Gasteiger partial charge in [-0.25, -0.2) is 18.5 Å². The van der Waals surface area contributed by atoms with Gasteiger partial charge in [0, 0.05) is 43.1 Å². The van der Waals surface area contributed by atoms with E-state index in [9.17, 15) is 36.3 Å². The number of rotatable bonds is 6. The van der Waals surface area contributed by atoms with Crippen LogP contribution in [0.4, 0.5) is 43.8 Å². The lowest BCUT2D eigenvalue weighted by Crippen LogP contribution is -2.46. The van der Waals surface area contributed by atoms with Crippen LogP contribution in [-0.4, -0.2) is 59.4 Å². The molecule has 2 aliphatic rings. The summed E-state index contributed by atoms with van der Waals surface area (Å²) in [6.07, 6.45) is -5.04. The van der Waals surface area contributed by atoms with E-state index in [2.05, 4.69) is 10.6 Å². The van der Waals surface area contributed by atoms with Crippen molar-refractivity contribution < 1.29 is 36.3 Å². The number of nitrogens with zero attached hydrogens (tertiary/aromatic N) is 3. The first-order chi connectivity index (χ1) is 20.3. The van der Waals surface area contributed by atoms with E-state index < -0.39 is 46.5 Å². The first kappa shape index (κ1) is 32.7. The van der Waals surface area contributed by atoms with Gasteiger partial charge in [-0.2, -0.15) is 13.2 Å². The van der Waals surface area contributed by atoms with Crippen molar-refractivity contribution in [3.8, 4) is 0 Å². The number of carbonyl (C=O) groups is 3. The second-order valence-electron chi connectivity index (χ2n) is 10.8. The molecule has 0 aromatic heterocycles. The van der Waals surface area contributed by atoms with Gasteiger partial charge in [0.05, 0.1) is 17.8 Å². The SMILES string of the molecule is CC1(C)C(=O)N(c2ccc(F)c(C(F)(F)F)c2)C(=O)N1Cc1ccc(F)cc1Nc1ccc(C(=O)N2CCNCC2)cc1.Cl. The lowest BCUT2D eigenvalue weighted by Gasteiger charge is -2.28. The van der Waals surface area contributed by atoms with Crippen LogP contribution in [0.1, 0.15) is 35.3 Å². The van der Waals surface area contributed by atoms with Crippen LogP contribution >= 0.6 is 12.4 Å². The molecule has 3 aromatic rings. The Morgan fingerprint density at radius 1 is 0.955 bits per heavy atom. The van der Waals surface area contributed by atoms with Crippen molar-refractivity contribution in [3.05, 3.63) is 89.0 Å². The summed E-state index contributed by atoms with van der Waals surface area (Å²) in [5.74, 6) is -3.02. The number of nitrogens with one attached hydrogen (secondary N) is 2. The summed E-state index contributed by atoms with van der Waals surface area (Å²) >= 11 is 0. The van der Waals surface area contributed by atoms with Crippen molar-refractivity contribution in [1.82, 2.24) is 15.1 Å². The smallest absolute Gasteiger partial charge is 0.355 e. The summed E-state index contributed by atoms with van der Waals surface area (Å²) in [7, 11) is 0. The summed E-state index contributed by atoms with van der Waals surface area (Å²) in [4.78, 5) is 43.0. The predicted molar refractivity (Wildman–Crippen MR) is 156 cm³/mol. The quantitative estimate of drug-likeness (QED) is 0.258. The number of benzene rings is 3. The van der Waals surface area contributed by atoms with Crippen molar-refractivity contribution in [2.45, 2.75) is 32.1 Å². The second kappa shape index (κ2) is 12.4. The van der Waals surface area contributed by atoms with Crippen molar-refractivity contribution >= 4 is 47.3 Å². The molecule has 0 saturated carbocycles. The Morgan fingerprint density at radius 3 is 2.25 bits per heavy atom. The molecule has 44 heavy (non-hydrogen) atoms. The van der Waals surface area contributed by atoms with E-state index in [-0.39, 0.29) is 30.5 Å². The van der Waals surface area contributed by atoms with Gasteiger partial charge in [0.1, 0.15) is 17.2 Å². The minimum atomic E-state index is -5.04. The molecule has 2 N–H and O–H groups in total. The van der Waals surface area contributed by atoms with Crippen molar-refractivity contribution in [3.63, 3.8) is 0 Å². The van der Waals surface area contributed by atoms with E-state index in [1.807, 2.05) is 0 Å². The maximum absolute atomic E-state index is 14.3. The van der Waals surface area contributed by atoms with Crippen LogP contribution in [0.15, 0.2) is 60.7 Å². The van der Waals surface area contributed by atoms with Gasteiger partial charge in [0.2, 0.25) is 0 Å². The van der Waals surface area contributed by atoms with Gasteiger partial charge in [-0.3, -0.25) is 9.59 Å². The number of amides is 4. The van der Waals surface area contributed by atoms with Crippen LogP contribution in [0.5, 0.6) is 0 Å². The Morgan fingerprint density at radius 2 is 1.61 bits per heavy atom. The largest absolute Gasteiger partial charge is 0.419 e. The molecule has 0 bridgehead atoms. The Hall–Kier alpha value is -4.23. The summed E-state index contributed by atoms with van der Waals surface area (Å²) in [5, 5.41) is 6.27. The molecule has 0 atom stereocenters. The van der Waals surface area contributed by atoms with Crippen molar-refractivity contribution in [1.29, 1.82) is 0 Å². The molecule has 2 heterocycles. The summed E-state index contributed by atoms with van der Waals surface area (Å²) in [6.45, 7) is 5.29. The first-order valence-electron chi connectivity index (χ1n) is 13.5. The number of piperazine rings is 1. The standard InChI is InChI=1S/C30H28F5N5O3.ClH/c1-29(2)27(42)40(22-9-10-24(32)23(16-22)30(33,34)35)28(43)39(29)17-19-3-6-20(31)15-25(19)37-21-7-4-18(5-8-21)26(41)38-13-11-36-12-14-38;/h3-10,15-16,36-37H,11-14,17H2,1-2H3;1H. The van der Waals surface area contributed by atoms with Gasteiger partial charge >= 0.3 is 12.2 Å². The third-order valence-electron chi connectivity index (χ3n) is 7.55.